The Morgan fingerprint density at radius 2 is 1.79 bits per heavy atom. The number of ether oxygens (including phenoxy) is 1. The van der Waals surface area contributed by atoms with Crippen LogP contribution in [-0.4, -0.2) is 25.3 Å². The molecule has 1 saturated carbocycles. The summed E-state index contributed by atoms with van der Waals surface area (Å²) in [5, 5.41) is 3.68. The minimum Gasteiger partial charge on any atom is -0.378 e. The molecule has 0 aromatic rings. The van der Waals surface area contributed by atoms with E-state index >= 15 is 0 Å². The highest BCUT2D eigenvalue weighted by Gasteiger charge is 2.50. The van der Waals surface area contributed by atoms with Gasteiger partial charge in [0.15, 0.2) is 0 Å². The summed E-state index contributed by atoms with van der Waals surface area (Å²) >= 11 is 0. The van der Waals surface area contributed by atoms with Gasteiger partial charge >= 0.3 is 0 Å². The van der Waals surface area contributed by atoms with Crippen LogP contribution in [0.4, 0.5) is 0 Å². The molecule has 1 aliphatic rings. The average Bonchev–Trinajstić information content (AvgIpc) is 2.43. The number of nitrogens with one attached hydrogen (secondary N) is 1. The van der Waals surface area contributed by atoms with Crippen molar-refractivity contribution in [3.8, 4) is 0 Å². The van der Waals surface area contributed by atoms with Crippen molar-refractivity contribution in [2.24, 2.45) is 5.41 Å². The molecule has 1 fully saturated rings. The second-order valence-corrected chi connectivity index (χ2v) is 6.38. The molecule has 0 aromatic carbocycles. The van der Waals surface area contributed by atoms with Gasteiger partial charge in [0.2, 0.25) is 0 Å². The van der Waals surface area contributed by atoms with Crippen LogP contribution in [-0.2, 0) is 4.74 Å². The minimum absolute atomic E-state index is 0.360. The molecule has 0 aliphatic heterocycles. The van der Waals surface area contributed by atoms with Crippen molar-refractivity contribution in [2.45, 2.75) is 91.2 Å². The van der Waals surface area contributed by atoms with Gasteiger partial charge in [0, 0.05) is 18.1 Å². The molecule has 0 spiro atoms. The van der Waals surface area contributed by atoms with Crippen molar-refractivity contribution in [1.29, 1.82) is 0 Å². The van der Waals surface area contributed by atoms with Gasteiger partial charge in [-0.25, -0.2) is 0 Å². The van der Waals surface area contributed by atoms with Crippen molar-refractivity contribution < 1.29 is 4.74 Å². The maximum atomic E-state index is 6.13. The largest absolute Gasteiger partial charge is 0.378 e. The third-order valence-corrected chi connectivity index (χ3v) is 4.95. The summed E-state index contributed by atoms with van der Waals surface area (Å²) in [6.07, 6.45) is 10.8. The van der Waals surface area contributed by atoms with Gasteiger partial charge in [0.05, 0.1) is 6.10 Å². The number of hydrogen-bond donors (Lipinski definition) is 1. The van der Waals surface area contributed by atoms with Crippen LogP contribution in [0.25, 0.3) is 0 Å². The highest BCUT2D eigenvalue weighted by molar-refractivity contribution is 5.04. The Morgan fingerprint density at radius 1 is 1.05 bits per heavy atom. The monoisotopic (exact) mass is 269 g/mol. The first-order valence-electron chi connectivity index (χ1n) is 8.54. The van der Waals surface area contributed by atoms with Crippen LogP contribution in [0.3, 0.4) is 0 Å². The Hall–Kier alpha value is -0.0800. The SMILES string of the molecule is CCCCCCCOC1CC(NCCC)C1(C)CC. The Labute approximate surface area is 120 Å². The van der Waals surface area contributed by atoms with Crippen LogP contribution >= 0.6 is 0 Å². The zero-order chi connectivity index (χ0) is 14.1. The van der Waals surface area contributed by atoms with E-state index in [1.54, 1.807) is 0 Å². The Kier molecular flexibility index (Phi) is 8.01. The smallest absolute Gasteiger partial charge is 0.0658 e. The molecule has 0 amide bonds. The lowest BCUT2D eigenvalue weighted by Gasteiger charge is -2.54. The Bertz CT molecular complexity index is 231. The molecule has 19 heavy (non-hydrogen) atoms. The van der Waals surface area contributed by atoms with Crippen LogP contribution < -0.4 is 5.32 Å². The summed E-state index contributed by atoms with van der Waals surface area (Å²) in [5.41, 5.74) is 0.360. The summed E-state index contributed by atoms with van der Waals surface area (Å²) in [5.74, 6) is 0. The molecule has 0 bridgehead atoms. The molecule has 1 rings (SSSR count). The number of unbranched alkanes of at least 4 members (excludes halogenated alkanes) is 4. The lowest BCUT2D eigenvalue weighted by molar-refractivity contribution is -0.129. The first-order valence-corrected chi connectivity index (χ1v) is 8.54. The molecule has 2 nitrogen and oxygen atoms in total. The molecule has 2 heteroatoms. The fraction of sp³-hybridized carbons (Fsp3) is 1.00. The second-order valence-electron chi connectivity index (χ2n) is 6.38. The van der Waals surface area contributed by atoms with Crippen LogP contribution in [0.15, 0.2) is 0 Å². The van der Waals surface area contributed by atoms with Gasteiger partial charge in [-0.05, 0) is 32.2 Å². The van der Waals surface area contributed by atoms with Gasteiger partial charge in [-0.2, -0.15) is 0 Å². The van der Waals surface area contributed by atoms with Gasteiger partial charge in [0.25, 0.3) is 0 Å². The molecule has 0 aromatic heterocycles. The van der Waals surface area contributed by atoms with Crippen molar-refractivity contribution in [3.05, 3.63) is 0 Å². The fourth-order valence-corrected chi connectivity index (χ4v) is 3.12. The molecule has 0 saturated heterocycles. The fourth-order valence-electron chi connectivity index (χ4n) is 3.12. The van der Waals surface area contributed by atoms with E-state index in [2.05, 4.69) is 33.0 Å². The van der Waals surface area contributed by atoms with Crippen LogP contribution in [0, 0.1) is 5.41 Å². The summed E-state index contributed by atoms with van der Waals surface area (Å²) in [4.78, 5) is 0. The topological polar surface area (TPSA) is 21.3 Å². The van der Waals surface area contributed by atoms with E-state index < -0.39 is 0 Å². The van der Waals surface area contributed by atoms with Crippen molar-refractivity contribution in [2.75, 3.05) is 13.2 Å². The van der Waals surface area contributed by atoms with E-state index in [0.717, 1.165) is 13.2 Å². The minimum atomic E-state index is 0.360. The summed E-state index contributed by atoms with van der Waals surface area (Å²) in [6, 6.07) is 0.669. The van der Waals surface area contributed by atoms with E-state index in [-0.39, 0.29) is 0 Å². The summed E-state index contributed by atoms with van der Waals surface area (Å²) < 4.78 is 6.13. The Morgan fingerprint density at radius 3 is 2.42 bits per heavy atom. The third-order valence-electron chi connectivity index (χ3n) is 4.95. The second kappa shape index (κ2) is 8.97. The first-order chi connectivity index (χ1) is 9.19. The van der Waals surface area contributed by atoms with Gasteiger partial charge < -0.3 is 10.1 Å². The molecule has 3 unspecified atom stereocenters. The van der Waals surface area contributed by atoms with Crippen molar-refractivity contribution in [1.82, 2.24) is 5.32 Å². The molecule has 114 valence electrons. The highest BCUT2D eigenvalue weighted by atomic mass is 16.5. The molecule has 0 radical (unpaired) electrons. The normalized spacial score (nSPS) is 30.3. The molecule has 0 heterocycles. The lowest BCUT2D eigenvalue weighted by atomic mass is 9.61. The standard InChI is InChI=1S/C17H35NO/c1-5-8-9-10-11-13-19-16-14-15(18-12-6-2)17(16,4)7-3/h15-16,18H,5-14H2,1-4H3. The molecule has 1 aliphatic carbocycles. The third kappa shape index (κ3) is 4.75. The van der Waals surface area contributed by atoms with E-state index in [1.807, 2.05) is 0 Å². The van der Waals surface area contributed by atoms with Crippen LogP contribution in [0.5, 0.6) is 0 Å². The van der Waals surface area contributed by atoms with Crippen LogP contribution in [0.2, 0.25) is 0 Å². The summed E-state index contributed by atoms with van der Waals surface area (Å²) in [6.45, 7) is 11.3. The van der Waals surface area contributed by atoms with E-state index in [0.29, 0.717) is 17.6 Å². The zero-order valence-electron chi connectivity index (χ0n) is 13.6. The van der Waals surface area contributed by atoms with E-state index in [4.69, 9.17) is 4.74 Å². The van der Waals surface area contributed by atoms with Crippen molar-refractivity contribution in [3.63, 3.8) is 0 Å². The maximum absolute atomic E-state index is 6.13. The van der Waals surface area contributed by atoms with Gasteiger partial charge in [-0.3, -0.25) is 0 Å². The van der Waals surface area contributed by atoms with E-state index in [1.165, 1.54) is 51.4 Å². The molecule has 3 atom stereocenters. The molecule has 1 N–H and O–H groups in total. The lowest BCUT2D eigenvalue weighted by Crippen LogP contribution is -2.62. The molecular weight excluding hydrogens is 234 g/mol. The average molecular weight is 269 g/mol. The van der Waals surface area contributed by atoms with Gasteiger partial charge in [-0.15, -0.1) is 0 Å². The Balaban J connectivity index is 2.17. The van der Waals surface area contributed by atoms with Gasteiger partial charge in [0.1, 0.15) is 0 Å². The first kappa shape index (κ1) is 17.0. The zero-order valence-corrected chi connectivity index (χ0v) is 13.6. The maximum Gasteiger partial charge on any atom is 0.0658 e. The van der Waals surface area contributed by atoms with Crippen molar-refractivity contribution >= 4 is 0 Å². The number of hydrogen-bond acceptors (Lipinski definition) is 2. The predicted octanol–water partition coefficient (Wildman–Crippen LogP) is 4.53. The quantitative estimate of drug-likeness (QED) is 0.556. The summed E-state index contributed by atoms with van der Waals surface area (Å²) in [7, 11) is 0. The van der Waals surface area contributed by atoms with E-state index in [9.17, 15) is 0 Å². The number of rotatable bonds is 11. The highest BCUT2D eigenvalue weighted by Crippen LogP contribution is 2.45. The predicted molar refractivity (Wildman–Crippen MR) is 83.6 cm³/mol. The molecular formula is C17H35NO. The van der Waals surface area contributed by atoms with Crippen LogP contribution in [0.1, 0.15) is 79.1 Å². The van der Waals surface area contributed by atoms with Gasteiger partial charge in [-0.1, -0.05) is 53.4 Å².